The summed E-state index contributed by atoms with van der Waals surface area (Å²) >= 11 is 6.19. The van der Waals surface area contributed by atoms with Gasteiger partial charge < -0.3 is 10.1 Å². The number of carbonyl (C=O) groups is 1. The van der Waals surface area contributed by atoms with E-state index in [1.165, 1.54) is 7.11 Å². The van der Waals surface area contributed by atoms with Crippen LogP contribution in [0.1, 0.15) is 50.4 Å². The van der Waals surface area contributed by atoms with Gasteiger partial charge in [0, 0.05) is 11.5 Å². The smallest absolute Gasteiger partial charge is 0.328 e. The van der Waals surface area contributed by atoms with Gasteiger partial charge in [-0.2, -0.15) is 0 Å². The number of hydrogen-bond acceptors (Lipinski definition) is 5. The first-order valence-electron chi connectivity index (χ1n) is 7.30. The molecule has 0 amide bonds. The number of halogens is 1. The van der Waals surface area contributed by atoms with E-state index in [4.69, 9.17) is 16.3 Å². The summed E-state index contributed by atoms with van der Waals surface area (Å²) in [5.74, 6) is 1.88. The van der Waals surface area contributed by atoms with Crippen LogP contribution in [-0.2, 0) is 9.53 Å². The quantitative estimate of drug-likeness (QED) is 0.645. The zero-order chi connectivity index (χ0) is 15.6. The highest BCUT2D eigenvalue weighted by atomic mass is 35.5. The van der Waals surface area contributed by atoms with Crippen molar-refractivity contribution in [2.45, 2.75) is 52.0 Å². The SMILES string of the molecule is COC(=O)C(CC(C)C)Nc1nc(C2CC2)nc(Cl)c1C. The fourth-order valence-corrected chi connectivity index (χ4v) is 2.34. The van der Waals surface area contributed by atoms with E-state index in [1.807, 2.05) is 6.92 Å². The minimum atomic E-state index is -0.424. The maximum Gasteiger partial charge on any atom is 0.328 e. The molecular weight excluding hydrogens is 290 g/mol. The Morgan fingerprint density at radius 1 is 1.43 bits per heavy atom. The predicted octanol–water partition coefficient (Wildman–Crippen LogP) is 3.32. The monoisotopic (exact) mass is 311 g/mol. The number of hydrogen-bond donors (Lipinski definition) is 1. The highest BCUT2D eigenvalue weighted by molar-refractivity contribution is 6.30. The van der Waals surface area contributed by atoms with E-state index in [-0.39, 0.29) is 5.97 Å². The molecule has 2 rings (SSSR count). The molecule has 0 radical (unpaired) electrons. The van der Waals surface area contributed by atoms with E-state index in [2.05, 4.69) is 29.1 Å². The Morgan fingerprint density at radius 2 is 2.10 bits per heavy atom. The van der Waals surface area contributed by atoms with E-state index in [0.29, 0.717) is 29.2 Å². The normalized spacial score (nSPS) is 15.9. The first kappa shape index (κ1) is 16.0. The van der Waals surface area contributed by atoms with Gasteiger partial charge in [0.15, 0.2) is 0 Å². The maximum absolute atomic E-state index is 11.9. The fourth-order valence-electron chi connectivity index (χ4n) is 2.16. The van der Waals surface area contributed by atoms with Crippen molar-refractivity contribution in [2.24, 2.45) is 5.92 Å². The Kier molecular flexibility index (Phi) is 5.04. The third kappa shape index (κ3) is 4.06. The molecule has 0 aromatic carbocycles. The summed E-state index contributed by atoms with van der Waals surface area (Å²) in [6.45, 7) is 5.98. The van der Waals surface area contributed by atoms with Crippen LogP contribution in [0.2, 0.25) is 5.15 Å². The van der Waals surface area contributed by atoms with E-state index >= 15 is 0 Å². The van der Waals surface area contributed by atoms with Gasteiger partial charge in [0.05, 0.1) is 7.11 Å². The molecule has 1 saturated carbocycles. The molecule has 0 bridgehead atoms. The van der Waals surface area contributed by atoms with Gasteiger partial charge in [-0.25, -0.2) is 14.8 Å². The summed E-state index contributed by atoms with van der Waals surface area (Å²) in [5.41, 5.74) is 0.763. The minimum absolute atomic E-state index is 0.286. The standard InChI is InChI=1S/C15H22ClN3O2/c1-8(2)7-11(15(20)21-4)17-13-9(3)12(16)18-14(19-13)10-5-6-10/h8,10-11H,5-7H2,1-4H3,(H,17,18,19). The summed E-state index contributed by atoms with van der Waals surface area (Å²) in [4.78, 5) is 20.8. The van der Waals surface area contributed by atoms with Crippen molar-refractivity contribution in [1.82, 2.24) is 9.97 Å². The summed E-state index contributed by atoms with van der Waals surface area (Å²) in [6.07, 6.45) is 2.88. The molecule has 1 aromatic rings. The Morgan fingerprint density at radius 3 is 2.62 bits per heavy atom. The lowest BCUT2D eigenvalue weighted by Gasteiger charge is -2.20. The molecular formula is C15H22ClN3O2. The summed E-state index contributed by atoms with van der Waals surface area (Å²) in [5, 5.41) is 3.63. The molecule has 1 unspecified atom stereocenters. The van der Waals surface area contributed by atoms with Crippen LogP contribution in [-0.4, -0.2) is 29.1 Å². The molecule has 1 aromatic heterocycles. The lowest BCUT2D eigenvalue weighted by molar-refractivity contribution is -0.141. The topological polar surface area (TPSA) is 64.1 Å². The molecule has 1 atom stereocenters. The van der Waals surface area contributed by atoms with E-state index in [9.17, 15) is 4.79 Å². The third-order valence-corrected chi connectivity index (χ3v) is 3.92. The van der Waals surface area contributed by atoms with Crippen molar-refractivity contribution in [3.8, 4) is 0 Å². The number of ether oxygens (including phenoxy) is 1. The average molecular weight is 312 g/mol. The van der Waals surface area contributed by atoms with Gasteiger partial charge in [0.1, 0.15) is 22.8 Å². The second-order valence-corrected chi connectivity index (χ2v) is 6.33. The highest BCUT2D eigenvalue weighted by Gasteiger charge is 2.29. The molecule has 5 nitrogen and oxygen atoms in total. The van der Waals surface area contributed by atoms with Gasteiger partial charge in [-0.1, -0.05) is 25.4 Å². The summed E-state index contributed by atoms with van der Waals surface area (Å²) in [7, 11) is 1.40. The first-order valence-corrected chi connectivity index (χ1v) is 7.68. The molecule has 1 N–H and O–H groups in total. The first-order chi connectivity index (χ1) is 9.92. The highest BCUT2D eigenvalue weighted by Crippen LogP contribution is 2.39. The second kappa shape index (κ2) is 6.60. The molecule has 1 fully saturated rings. The molecule has 6 heteroatoms. The second-order valence-electron chi connectivity index (χ2n) is 5.97. The van der Waals surface area contributed by atoms with Gasteiger partial charge in [-0.3, -0.25) is 0 Å². The van der Waals surface area contributed by atoms with Crippen molar-refractivity contribution < 1.29 is 9.53 Å². The minimum Gasteiger partial charge on any atom is -0.467 e. The molecule has 1 aliphatic carbocycles. The van der Waals surface area contributed by atoms with Crippen LogP contribution in [0.15, 0.2) is 0 Å². The number of carbonyl (C=O) groups excluding carboxylic acids is 1. The number of methoxy groups -OCH3 is 1. The number of nitrogens with one attached hydrogen (secondary N) is 1. The Bertz CT molecular complexity index is 530. The van der Waals surface area contributed by atoms with Gasteiger partial charge in [0.2, 0.25) is 0 Å². The van der Waals surface area contributed by atoms with Gasteiger partial charge >= 0.3 is 5.97 Å². The fraction of sp³-hybridized carbons (Fsp3) is 0.667. The van der Waals surface area contributed by atoms with Gasteiger partial charge in [0.25, 0.3) is 0 Å². The van der Waals surface area contributed by atoms with Gasteiger partial charge in [-0.05, 0) is 32.1 Å². The molecule has 116 valence electrons. The van der Waals surface area contributed by atoms with Crippen LogP contribution in [0.3, 0.4) is 0 Å². The number of aromatic nitrogens is 2. The number of nitrogens with zero attached hydrogens (tertiary/aromatic N) is 2. The zero-order valence-electron chi connectivity index (χ0n) is 12.9. The van der Waals surface area contributed by atoms with Crippen LogP contribution in [0.4, 0.5) is 5.82 Å². The molecule has 0 spiro atoms. The number of rotatable bonds is 6. The molecule has 21 heavy (non-hydrogen) atoms. The predicted molar refractivity (Wildman–Crippen MR) is 82.6 cm³/mol. The van der Waals surface area contributed by atoms with Crippen LogP contribution in [0.25, 0.3) is 0 Å². The van der Waals surface area contributed by atoms with Crippen molar-refractivity contribution in [1.29, 1.82) is 0 Å². The zero-order valence-corrected chi connectivity index (χ0v) is 13.7. The van der Waals surface area contributed by atoms with Crippen LogP contribution in [0.5, 0.6) is 0 Å². The third-order valence-electron chi connectivity index (χ3n) is 3.55. The van der Waals surface area contributed by atoms with Crippen molar-refractivity contribution >= 4 is 23.4 Å². The van der Waals surface area contributed by atoms with Crippen LogP contribution < -0.4 is 5.32 Å². The van der Waals surface area contributed by atoms with E-state index in [1.54, 1.807) is 0 Å². The van der Waals surface area contributed by atoms with E-state index < -0.39 is 6.04 Å². The average Bonchev–Trinajstić information content (AvgIpc) is 3.25. The Balaban J connectivity index is 2.24. The maximum atomic E-state index is 11.9. The Hall–Kier alpha value is -1.36. The summed E-state index contributed by atoms with van der Waals surface area (Å²) < 4.78 is 4.87. The number of anilines is 1. The van der Waals surface area contributed by atoms with E-state index in [0.717, 1.165) is 24.2 Å². The van der Waals surface area contributed by atoms with Crippen LogP contribution in [0, 0.1) is 12.8 Å². The van der Waals surface area contributed by atoms with Crippen molar-refractivity contribution in [3.63, 3.8) is 0 Å². The van der Waals surface area contributed by atoms with Gasteiger partial charge in [-0.15, -0.1) is 0 Å². The molecule has 0 aliphatic heterocycles. The van der Waals surface area contributed by atoms with Crippen molar-refractivity contribution in [2.75, 3.05) is 12.4 Å². The lowest BCUT2D eigenvalue weighted by atomic mass is 10.0. The Labute approximate surface area is 130 Å². The molecule has 1 heterocycles. The number of esters is 1. The largest absolute Gasteiger partial charge is 0.467 e. The summed E-state index contributed by atoms with van der Waals surface area (Å²) in [6, 6.07) is -0.424. The van der Waals surface area contributed by atoms with Crippen molar-refractivity contribution in [3.05, 3.63) is 16.5 Å². The van der Waals surface area contributed by atoms with Crippen LogP contribution >= 0.6 is 11.6 Å². The lowest BCUT2D eigenvalue weighted by Crippen LogP contribution is -2.33. The molecule has 0 saturated heterocycles. The molecule has 1 aliphatic rings.